The second kappa shape index (κ2) is 7.44. The molecule has 0 rings (SSSR count). The van der Waals surface area contributed by atoms with E-state index in [-0.39, 0.29) is 12.5 Å². The number of hydrogen-bond acceptors (Lipinski definition) is 4. The first kappa shape index (κ1) is 15.2. The summed E-state index contributed by atoms with van der Waals surface area (Å²) in [5.74, 6) is -1.75. The van der Waals surface area contributed by atoms with Crippen LogP contribution in [0.15, 0.2) is 0 Å². The van der Waals surface area contributed by atoms with E-state index in [1.54, 1.807) is 6.92 Å². The van der Waals surface area contributed by atoms with E-state index < -0.39 is 24.6 Å². The highest BCUT2D eigenvalue weighted by molar-refractivity contribution is 5.84. The number of likely N-dealkylation sites (N-methyl/N-ethyl adjacent to an activating group) is 2. The van der Waals surface area contributed by atoms with Crippen molar-refractivity contribution in [2.24, 2.45) is 0 Å². The van der Waals surface area contributed by atoms with E-state index >= 15 is 0 Å². The maximum Gasteiger partial charge on any atom is 0.334 e. The van der Waals surface area contributed by atoms with Crippen molar-refractivity contribution in [3.05, 3.63) is 0 Å². The number of aliphatic carboxylic acids is 1. The van der Waals surface area contributed by atoms with Crippen molar-refractivity contribution in [2.75, 3.05) is 26.7 Å². The van der Waals surface area contributed by atoms with Crippen LogP contribution in [-0.2, 0) is 9.59 Å². The fourth-order valence-electron chi connectivity index (χ4n) is 0.963. The highest BCUT2D eigenvalue weighted by Gasteiger charge is 2.18. The maximum absolute atomic E-state index is 11.5. The molecule has 8 heteroatoms. The molecule has 0 radical (unpaired) electrons. The van der Waals surface area contributed by atoms with Gasteiger partial charge < -0.3 is 25.7 Å². The number of carbonyl (C=O) groups excluding carboxylic acids is 2. The molecule has 0 bridgehead atoms. The summed E-state index contributed by atoms with van der Waals surface area (Å²) < 4.78 is 0. The molecule has 0 aliphatic rings. The Hall–Kier alpha value is -1.83. The average molecular weight is 247 g/mol. The summed E-state index contributed by atoms with van der Waals surface area (Å²) in [5, 5.41) is 21.9. The lowest BCUT2D eigenvalue weighted by Crippen LogP contribution is -2.47. The Morgan fingerprint density at radius 2 is 1.94 bits per heavy atom. The third kappa shape index (κ3) is 5.71. The number of carbonyl (C=O) groups is 3. The Bertz CT molecular complexity index is 294. The zero-order valence-electron chi connectivity index (χ0n) is 9.77. The number of carboxylic acids is 1. The summed E-state index contributed by atoms with van der Waals surface area (Å²) >= 11 is 0. The number of carboxylic acid groups (broad SMARTS) is 1. The fourth-order valence-corrected chi connectivity index (χ4v) is 0.963. The summed E-state index contributed by atoms with van der Waals surface area (Å²) in [6.07, 6.45) is -1.65. The Balaban J connectivity index is 4.17. The standard InChI is InChI=1S/C9H17N3O5/c1-3-12(5-7(14)10-2)9(17)11-4-6(13)8(15)16/h6,13H,3-5H2,1-2H3,(H,10,14)(H,11,17)(H,15,16)/t6-/m0/s1. The van der Waals surface area contributed by atoms with Gasteiger partial charge in [-0.15, -0.1) is 0 Å². The molecule has 8 nitrogen and oxygen atoms in total. The van der Waals surface area contributed by atoms with Gasteiger partial charge in [0, 0.05) is 13.6 Å². The molecule has 3 amide bonds. The lowest BCUT2D eigenvalue weighted by Gasteiger charge is -2.20. The minimum Gasteiger partial charge on any atom is -0.479 e. The zero-order chi connectivity index (χ0) is 13.4. The average Bonchev–Trinajstić information content (AvgIpc) is 2.31. The van der Waals surface area contributed by atoms with Gasteiger partial charge in [-0.25, -0.2) is 9.59 Å². The van der Waals surface area contributed by atoms with Crippen molar-refractivity contribution in [2.45, 2.75) is 13.0 Å². The quantitative estimate of drug-likeness (QED) is 0.442. The summed E-state index contributed by atoms with van der Waals surface area (Å²) in [7, 11) is 1.45. The summed E-state index contributed by atoms with van der Waals surface area (Å²) in [6, 6.07) is -0.601. The van der Waals surface area contributed by atoms with Crippen molar-refractivity contribution in [3.8, 4) is 0 Å². The van der Waals surface area contributed by atoms with E-state index in [9.17, 15) is 14.4 Å². The van der Waals surface area contributed by atoms with E-state index in [0.29, 0.717) is 6.54 Å². The van der Waals surface area contributed by atoms with Crippen LogP contribution in [0.25, 0.3) is 0 Å². The monoisotopic (exact) mass is 247 g/mol. The molecule has 0 saturated carbocycles. The molecule has 0 aromatic carbocycles. The van der Waals surface area contributed by atoms with Gasteiger partial charge in [0.15, 0.2) is 6.10 Å². The maximum atomic E-state index is 11.5. The predicted molar refractivity (Wildman–Crippen MR) is 58.4 cm³/mol. The van der Waals surface area contributed by atoms with Gasteiger partial charge in [-0.3, -0.25) is 4.79 Å². The molecule has 0 aromatic heterocycles. The number of aliphatic hydroxyl groups excluding tert-OH is 1. The highest BCUT2D eigenvalue weighted by Crippen LogP contribution is 1.90. The van der Waals surface area contributed by atoms with Crippen LogP contribution in [0, 0.1) is 0 Å². The molecule has 4 N–H and O–H groups in total. The minimum absolute atomic E-state index is 0.123. The first-order valence-corrected chi connectivity index (χ1v) is 5.06. The Kier molecular flexibility index (Phi) is 6.64. The number of amides is 3. The number of urea groups is 1. The van der Waals surface area contributed by atoms with Crippen LogP contribution in [0.1, 0.15) is 6.92 Å². The molecule has 0 fully saturated rings. The van der Waals surface area contributed by atoms with E-state index in [1.165, 1.54) is 11.9 Å². The van der Waals surface area contributed by atoms with Crippen LogP contribution in [-0.4, -0.2) is 65.8 Å². The van der Waals surface area contributed by atoms with Crippen LogP contribution >= 0.6 is 0 Å². The SMILES string of the molecule is CCN(CC(=O)NC)C(=O)NC[C@H](O)C(=O)O. The number of rotatable bonds is 6. The fraction of sp³-hybridized carbons (Fsp3) is 0.667. The van der Waals surface area contributed by atoms with Gasteiger partial charge in [-0.05, 0) is 6.92 Å². The largest absolute Gasteiger partial charge is 0.479 e. The highest BCUT2D eigenvalue weighted by atomic mass is 16.4. The molecule has 0 aliphatic carbocycles. The first-order valence-electron chi connectivity index (χ1n) is 5.06. The van der Waals surface area contributed by atoms with Gasteiger partial charge in [-0.1, -0.05) is 0 Å². The van der Waals surface area contributed by atoms with Crippen LogP contribution in [0.4, 0.5) is 4.79 Å². The third-order valence-corrected chi connectivity index (χ3v) is 2.01. The summed E-state index contributed by atoms with van der Waals surface area (Å²) in [4.78, 5) is 34.0. The van der Waals surface area contributed by atoms with Crippen LogP contribution in [0.5, 0.6) is 0 Å². The van der Waals surface area contributed by atoms with E-state index in [0.717, 1.165) is 0 Å². The molecule has 0 aliphatic heterocycles. The van der Waals surface area contributed by atoms with Crippen molar-refractivity contribution in [3.63, 3.8) is 0 Å². The topological polar surface area (TPSA) is 119 Å². The van der Waals surface area contributed by atoms with Crippen LogP contribution < -0.4 is 10.6 Å². The van der Waals surface area contributed by atoms with Crippen molar-refractivity contribution in [1.29, 1.82) is 0 Å². The number of hydrogen-bond donors (Lipinski definition) is 4. The van der Waals surface area contributed by atoms with Gasteiger partial charge in [0.1, 0.15) is 6.54 Å². The van der Waals surface area contributed by atoms with Crippen molar-refractivity contribution < 1.29 is 24.6 Å². The molecular formula is C9H17N3O5. The molecule has 0 saturated heterocycles. The second-order valence-electron chi connectivity index (χ2n) is 3.23. The van der Waals surface area contributed by atoms with Crippen LogP contribution in [0.3, 0.4) is 0 Å². The third-order valence-electron chi connectivity index (χ3n) is 2.01. The first-order chi connectivity index (χ1) is 7.92. The van der Waals surface area contributed by atoms with E-state index in [2.05, 4.69) is 10.6 Å². The van der Waals surface area contributed by atoms with Gasteiger partial charge in [0.25, 0.3) is 0 Å². The zero-order valence-corrected chi connectivity index (χ0v) is 9.77. The van der Waals surface area contributed by atoms with Crippen LogP contribution in [0.2, 0.25) is 0 Å². The van der Waals surface area contributed by atoms with E-state index in [1.807, 2.05) is 0 Å². The van der Waals surface area contributed by atoms with Gasteiger partial charge in [0.2, 0.25) is 5.91 Å². The Labute approximate surface area is 98.6 Å². The molecular weight excluding hydrogens is 230 g/mol. The molecule has 0 heterocycles. The minimum atomic E-state index is -1.65. The summed E-state index contributed by atoms with van der Waals surface area (Å²) in [6.45, 7) is 1.44. The number of nitrogens with zero attached hydrogens (tertiary/aromatic N) is 1. The van der Waals surface area contributed by atoms with Crippen molar-refractivity contribution >= 4 is 17.9 Å². The Morgan fingerprint density at radius 1 is 1.35 bits per heavy atom. The summed E-state index contributed by atoms with van der Waals surface area (Å²) in [5.41, 5.74) is 0. The van der Waals surface area contributed by atoms with Gasteiger partial charge >= 0.3 is 12.0 Å². The molecule has 17 heavy (non-hydrogen) atoms. The molecule has 0 aromatic rings. The molecule has 0 spiro atoms. The number of nitrogens with one attached hydrogen (secondary N) is 2. The number of aliphatic hydroxyl groups is 1. The van der Waals surface area contributed by atoms with Crippen molar-refractivity contribution in [1.82, 2.24) is 15.5 Å². The second-order valence-corrected chi connectivity index (χ2v) is 3.23. The van der Waals surface area contributed by atoms with Gasteiger partial charge in [-0.2, -0.15) is 0 Å². The molecule has 98 valence electrons. The molecule has 1 atom stereocenters. The Morgan fingerprint density at radius 3 is 2.35 bits per heavy atom. The smallest absolute Gasteiger partial charge is 0.334 e. The lowest BCUT2D eigenvalue weighted by atomic mass is 10.3. The van der Waals surface area contributed by atoms with Gasteiger partial charge in [0.05, 0.1) is 6.54 Å². The molecule has 0 unspecified atom stereocenters. The van der Waals surface area contributed by atoms with E-state index in [4.69, 9.17) is 10.2 Å². The normalized spacial score (nSPS) is 11.5. The predicted octanol–water partition coefficient (Wildman–Crippen LogP) is -1.79. The lowest BCUT2D eigenvalue weighted by molar-refractivity contribution is -0.146.